The molecule has 1 saturated carbocycles. The number of carbonyl (C=O) groups is 3. The highest BCUT2D eigenvalue weighted by molar-refractivity contribution is 5.95. The van der Waals surface area contributed by atoms with Gasteiger partial charge in [0, 0.05) is 37.4 Å². The monoisotopic (exact) mass is 374 g/mol. The van der Waals surface area contributed by atoms with Crippen molar-refractivity contribution in [2.24, 2.45) is 5.92 Å². The minimum atomic E-state index is -0.290. The Morgan fingerprint density at radius 3 is 2.44 bits per heavy atom. The van der Waals surface area contributed by atoms with Crippen molar-refractivity contribution in [3.05, 3.63) is 24.3 Å². The average Bonchev–Trinajstić information content (AvgIpc) is 3.52. The molecule has 27 heavy (non-hydrogen) atoms. The van der Waals surface area contributed by atoms with Gasteiger partial charge in [0.15, 0.2) is 0 Å². The summed E-state index contributed by atoms with van der Waals surface area (Å²) in [6, 6.07) is 7.62. The molecule has 8 heteroatoms. The molecule has 146 valence electrons. The van der Waals surface area contributed by atoms with Gasteiger partial charge < -0.3 is 25.2 Å². The SMILES string of the molecule is CN(CC(=O)Nc1ccc(N2CCOCC2)cc1)C(=O)CNC(=O)C1CC1. The second-order valence-corrected chi connectivity index (χ2v) is 6.94. The molecule has 1 aromatic carbocycles. The summed E-state index contributed by atoms with van der Waals surface area (Å²) in [5.41, 5.74) is 1.77. The molecule has 0 atom stereocenters. The number of likely N-dealkylation sites (N-methyl/N-ethyl adjacent to an activating group) is 1. The Morgan fingerprint density at radius 2 is 1.81 bits per heavy atom. The molecule has 1 saturated heterocycles. The molecule has 0 spiro atoms. The Balaban J connectivity index is 1.42. The maximum atomic E-state index is 12.2. The molecule has 0 radical (unpaired) electrons. The van der Waals surface area contributed by atoms with Gasteiger partial charge in [0.25, 0.3) is 0 Å². The minimum Gasteiger partial charge on any atom is -0.378 e. The lowest BCUT2D eigenvalue weighted by Crippen LogP contribution is -2.41. The zero-order chi connectivity index (χ0) is 19.2. The fourth-order valence-corrected chi connectivity index (χ4v) is 2.87. The fraction of sp³-hybridized carbons (Fsp3) is 0.526. The van der Waals surface area contributed by atoms with Gasteiger partial charge in [-0.05, 0) is 37.1 Å². The maximum Gasteiger partial charge on any atom is 0.243 e. The van der Waals surface area contributed by atoms with Gasteiger partial charge in [0.1, 0.15) is 0 Å². The summed E-state index contributed by atoms with van der Waals surface area (Å²) < 4.78 is 5.34. The molecule has 2 aliphatic rings. The van der Waals surface area contributed by atoms with Crippen molar-refractivity contribution in [2.45, 2.75) is 12.8 Å². The molecule has 1 heterocycles. The Morgan fingerprint density at radius 1 is 1.15 bits per heavy atom. The number of hydrogen-bond acceptors (Lipinski definition) is 5. The Bertz CT molecular complexity index is 681. The van der Waals surface area contributed by atoms with Gasteiger partial charge in [0.05, 0.1) is 26.3 Å². The number of rotatable bonds is 7. The van der Waals surface area contributed by atoms with E-state index in [1.165, 1.54) is 4.90 Å². The van der Waals surface area contributed by atoms with Crippen molar-refractivity contribution in [3.8, 4) is 0 Å². The van der Waals surface area contributed by atoms with E-state index < -0.39 is 0 Å². The fourth-order valence-electron chi connectivity index (χ4n) is 2.87. The molecule has 1 aromatic rings. The lowest BCUT2D eigenvalue weighted by molar-refractivity contribution is -0.134. The summed E-state index contributed by atoms with van der Waals surface area (Å²) in [7, 11) is 1.55. The van der Waals surface area contributed by atoms with Crippen LogP contribution in [0.2, 0.25) is 0 Å². The standard InChI is InChI=1S/C19H26N4O4/c1-22(18(25)12-20-19(26)14-2-3-14)13-17(24)21-15-4-6-16(7-5-15)23-8-10-27-11-9-23/h4-7,14H,2-3,8-13H2,1H3,(H,20,26)(H,21,24). The highest BCUT2D eigenvalue weighted by Gasteiger charge is 2.29. The van der Waals surface area contributed by atoms with Gasteiger partial charge in [-0.2, -0.15) is 0 Å². The molecule has 1 aliphatic carbocycles. The van der Waals surface area contributed by atoms with Crippen molar-refractivity contribution < 1.29 is 19.1 Å². The van der Waals surface area contributed by atoms with Gasteiger partial charge in [-0.1, -0.05) is 0 Å². The zero-order valence-electron chi connectivity index (χ0n) is 15.6. The van der Waals surface area contributed by atoms with Crippen LogP contribution in [0.1, 0.15) is 12.8 Å². The lowest BCUT2D eigenvalue weighted by atomic mass is 10.2. The summed E-state index contributed by atoms with van der Waals surface area (Å²) in [6.45, 7) is 3.02. The highest BCUT2D eigenvalue weighted by atomic mass is 16.5. The van der Waals surface area contributed by atoms with E-state index >= 15 is 0 Å². The van der Waals surface area contributed by atoms with Gasteiger partial charge in [-0.3, -0.25) is 14.4 Å². The Hall–Kier alpha value is -2.61. The molecular weight excluding hydrogens is 348 g/mol. The third kappa shape index (κ3) is 5.68. The molecule has 3 rings (SSSR count). The van der Waals surface area contributed by atoms with Gasteiger partial charge in [-0.15, -0.1) is 0 Å². The van der Waals surface area contributed by atoms with Crippen LogP contribution < -0.4 is 15.5 Å². The topological polar surface area (TPSA) is 91.0 Å². The van der Waals surface area contributed by atoms with E-state index in [1.807, 2.05) is 24.3 Å². The first-order valence-corrected chi connectivity index (χ1v) is 9.27. The first-order chi connectivity index (χ1) is 13.0. The van der Waals surface area contributed by atoms with Crippen molar-refractivity contribution >= 4 is 29.1 Å². The van der Waals surface area contributed by atoms with E-state index in [2.05, 4.69) is 15.5 Å². The van der Waals surface area contributed by atoms with Crippen LogP contribution in [0.3, 0.4) is 0 Å². The number of amides is 3. The van der Waals surface area contributed by atoms with Crippen LogP contribution in [-0.2, 0) is 19.1 Å². The quantitative estimate of drug-likeness (QED) is 0.723. The Kier molecular flexibility index (Phi) is 6.28. The maximum absolute atomic E-state index is 12.2. The summed E-state index contributed by atoms with van der Waals surface area (Å²) in [5.74, 6) is -0.589. The molecule has 0 bridgehead atoms. The number of benzene rings is 1. The van der Waals surface area contributed by atoms with Crippen molar-refractivity contribution in [3.63, 3.8) is 0 Å². The van der Waals surface area contributed by atoms with E-state index in [9.17, 15) is 14.4 Å². The van der Waals surface area contributed by atoms with Crippen LogP contribution in [0.4, 0.5) is 11.4 Å². The van der Waals surface area contributed by atoms with E-state index in [0.29, 0.717) is 5.69 Å². The number of nitrogens with zero attached hydrogens (tertiary/aromatic N) is 2. The molecular formula is C19H26N4O4. The van der Waals surface area contributed by atoms with E-state index in [4.69, 9.17) is 4.74 Å². The van der Waals surface area contributed by atoms with Crippen LogP contribution in [0.5, 0.6) is 0 Å². The molecule has 2 N–H and O–H groups in total. The van der Waals surface area contributed by atoms with E-state index in [-0.39, 0.29) is 36.7 Å². The first kappa shape index (κ1) is 19.2. The second kappa shape index (κ2) is 8.85. The van der Waals surface area contributed by atoms with Gasteiger partial charge in [-0.25, -0.2) is 0 Å². The van der Waals surface area contributed by atoms with Crippen LogP contribution in [-0.4, -0.2) is 69.1 Å². The van der Waals surface area contributed by atoms with Crippen LogP contribution in [0.25, 0.3) is 0 Å². The van der Waals surface area contributed by atoms with Crippen molar-refractivity contribution in [1.82, 2.24) is 10.2 Å². The Labute approximate surface area is 158 Å². The van der Waals surface area contributed by atoms with E-state index in [0.717, 1.165) is 44.8 Å². The molecule has 0 unspecified atom stereocenters. The number of anilines is 2. The normalized spacial score (nSPS) is 16.6. The molecule has 1 aliphatic heterocycles. The number of hydrogen-bond donors (Lipinski definition) is 2. The van der Waals surface area contributed by atoms with Crippen LogP contribution in [0, 0.1) is 5.92 Å². The summed E-state index contributed by atoms with van der Waals surface area (Å²) >= 11 is 0. The minimum absolute atomic E-state index is 0.0619. The van der Waals surface area contributed by atoms with Gasteiger partial charge >= 0.3 is 0 Å². The predicted molar refractivity (Wildman–Crippen MR) is 101 cm³/mol. The number of nitrogens with one attached hydrogen (secondary N) is 2. The predicted octanol–water partition coefficient (Wildman–Crippen LogP) is 0.446. The smallest absolute Gasteiger partial charge is 0.243 e. The van der Waals surface area contributed by atoms with E-state index in [1.54, 1.807) is 7.05 Å². The third-order valence-corrected chi connectivity index (χ3v) is 4.70. The van der Waals surface area contributed by atoms with Crippen molar-refractivity contribution in [1.29, 1.82) is 0 Å². The van der Waals surface area contributed by atoms with Gasteiger partial charge in [0.2, 0.25) is 17.7 Å². The lowest BCUT2D eigenvalue weighted by Gasteiger charge is -2.28. The third-order valence-electron chi connectivity index (χ3n) is 4.70. The number of morpholine rings is 1. The molecule has 0 aromatic heterocycles. The van der Waals surface area contributed by atoms with Crippen LogP contribution >= 0.6 is 0 Å². The largest absolute Gasteiger partial charge is 0.378 e. The zero-order valence-corrected chi connectivity index (χ0v) is 15.6. The molecule has 2 fully saturated rings. The average molecular weight is 374 g/mol. The molecule has 8 nitrogen and oxygen atoms in total. The highest BCUT2D eigenvalue weighted by Crippen LogP contribution is 2.28. The summed E-state index contributed by atoms with van der Waals surface area (Å²) in [4.78, 5) is 39.3. The second-order valence-electron chi connectivity index (χ2n) is 6.94. The summed E-state index contributed by atoms with van der Waals surface area (Å²) in [6.07, 6.45) is 1.78. The summed E-state index contributed by atoms with van der Waals surface area (Å²) in [5, 5.41) is 5.40. The first-order valence-electron chi connectivity index (χ1n) is 9.27. The van der Waals surface area contributed by atoms with Crippen molar-refractivity contribution in [2.75, 3.05) is 56.7 Å². The number of ether oxygens (including phenoxy) is 1. The van der Waals surface area contributed by atoms with Crippen LogP contribution in [0.15, 0.2) is 24.3 Å². The molecule has 3 amide bonds. The number of carbonyl (C=O) groups excluding carboxylic acids is 3.